The molecule has 7 nitrogen and oxygen atoms in total. The molecule has 0 aliphatic heterocycles. The van der Waals surface area contributed by atoms with Crippen molar-refractivity contribution in [2.75, 3.05) is 0 Å². The number of halogens is 3. The Morgan fingerprint density at radius 2 is 1.73 bits per heavy atom. The lowest BCUT2D eigenvalue weighted by atomic mass is 10.1. The van der Waals surface area contributed by atoms with Crippen LogP contribution in [-0.4, -0.2) is 24.7 Å². The maximum Gasteiger partial charge on any atom is 0.416 e. The van der Waals surface area contributed by atoms with E-state index in [-0.39, 0.29) is 10.1 Å². The van der Waals surface area contributed by atoms with Crippen LogP contribution < -0.4 is 0 Å². The van der Waals surface area contributed by atoms with E-state index < -0.39 is 22.4 Å². The molecule has 11 heteroatoms. The average Bonchev–Trinajstić information content (AvgIpc) is 3.22. The number of pyridine rings is 1. The maximum absolute atomic E-state index is 13.1. The largest absolute Gasteiger partial charge is 0.416 e. The van der Waals surface area contributed by atoms with Crippen LogP contribution in [0.1, 0.15) is 18.1 Å². The molecule has 4 rings (SSSR count). The van der Waals surface area contributed by atoms with Gasteiger partial charge in [0.2, 0.25) is 5.16 Å². The van der Waals surface area contributed by atoms with Gasteiger partial charge in [0, 0.05) is 29.7 Å². The first-order chi connectivity index (χ1) is 15.8. The van der Waals surface area contributed by atoms with Gasteiger partial charge in [-0.2, -0.15) is 13.2 Å². The van der Waals surface area contributed by atoms with Gasteiger partial charge in [0.1, 0.15) is 0 Å². The second kappa shape index (κ2) is 9.02. The molecular formula is C22H16F3N5O2S. The Kier molecular flexibility index (Phi) is 6.14. The van der Waals surface area contributed by atoms with Crippen LogP contribution in [0, 0.1) is 10.1 Å². The number of nitro benzene ring substituents is 1. The topological polar surface area (TPSA) is 86.7 Å². The first-order valence-electron chi connectivity index (χ1n) is 9.76. The van der Waals surface area contributed by atoms with Gasteiger partial charge in [-0.05, 0) is 60.1 Å². The Morgan fingerprint density at radius 3 is 2.33 bits per heavy atom. The van der Waals surface area contributed by atoms with Crippen LogP contribution in [-0.2, 0) is 12.6 Å². The first kappa shape index (κ1) is 22.5. The summed E-state index contributed by atoms with van der Waals surface area (Å²) in [7, 11) is 0. The summed E-state index contributed by atoms with van der Waals surface area (Å²) in [4.78, 5) is 14.7. The van der Waals surface area contributed by atoms with Crippen molar-refractivity contribution in [3.8, 4) is 17.1 Å². The van der Waals surface area contributed by atoms with Gasteiger partial charge in [-0.3, -0.25) is 19.7 Å². The zero-order chi connectivity index (χ0) is 23.6. The van der Waals surface area contributed by atoms with Gasteiger partial charge in [0.15, 0.2) is 5.82 Å². The molecule has 0 saturated carbocycles. The second-order valence-corrected chi connectivity index (χ2v) is 7.95. The van der Waals surface area contributed by atoms with E-state index in [1.54, 1.807) is 29.1 Å². The van der Waals surface area contributed by atoms with Crippen molar-refractivity contribution in [1.29, 1.82) is 0 Å². The molecule has 0 saturated heterocycles. The summed E-state index contributed by atoms with van der Waals surface area (Å²) in [6, 6.07) is 13.6. The van der Waals surface area contributed by atoms with Crippen molar-refractivity contribution in [1.82, 2.24) is 19.7 Å². The van der Waals surface area contributed by atoms with E-state index in [1.165, 1.54) is 0 Å². The molecule has 0 radical (unpaired) electrons. The van der Waals surface area contributed by atoms with Crippen molar-refractivity contribution in [2.45, 2.75) is 29.6 Å². The van der Waals surface area contributed by atoms with Crippen molar-refractivity contribution < 1.29 is 18.1 Å². The summed E-state index contributed by atoms with van der Waals surface area (Å²) >= 11 is 0.874. The average molecular weight is 471 g/mol. The molecule has 168 valence electrons. The standard InChI is InChI=1S/C22H16F3N5O2S/c1-2-14-3-6-17(7-4-14)29-20(15-9-11-26-12-10-15)27-28-21(29)33-19-8-5-16(22(23,24)25)13-18(19)30(31)32/h3-13H,2H2,1H3. The molecule has 2 aromatic carbocycles. The Balaban J connectivity index is 1.83. The van der Waals surface area contributed by atoms with E-state index in [0.29, 0.717) is 23.1 Å². The highest BCUT2D eigenvalue weighted by Crippen LogP contribution is 2.40. The molecule has 0 bridgehead atoms. The highest BCUT2D eigenvalue weighted by atomic mass is 32.2. The van der Waals surface area contributed by atoms with Gasteiger partial charge in [0.25, 0.3) is 5.69 Å². The Hall–Kier alpha value is -3.73. The Bertz CT molecular complexity index is 1290. The van der Waals surface area contributed by atoms with E-state index >= 15 is 0 Å². The molecule has 33 heavy (non-hydrogen) atoms. The van der Waals surface area contributed by atoms with E-state index in [0.717, 1.165) is 35.9 Å². The molecule has 0 N–H and O–H groups in total. The van der Waals surface area contributed by atoms with Crippen molar-refractivity contribution in [2.24, 2.45) is 0 Å². The highest BCUT2D eigenvalue weighted by Gasteiger charge is 2.33. The fraction of sp³-hybridized carbons (Fsp3) is 0.136. The minimum absolute atomic E-state index is 0.0214. The van der Waals surface area contributed by atoms with Crippen molar-refractivity contribution in [3.63, 3.8) is 0 Å². The predicted molar refractivity (Wildman–Crippen MR) is 116 cm³/mol. The molecule has 0 atom stereocenters. The minimum atomic E-state index is -4.69. The van der Waals surface area contributed by atoms with E-state index in [9.17, 15) is 23.3 Å². The van der Waals surface area contributed by atoms with Crippen LogP contribution in [0.15, 0.2) is 77.0 Å². The third-order valence-electron chi connectivity index (χ3n) is 4.86. The number of nitro groups is 1. The summed E-state index contributed by atoms with van der Waals surface area (Å²) < 4.78 is 40.9. The molecule has 0 aliphatic rings. The van der Waals surface area contributed by atoms with Crippen LogP contribution in [0.3, 0.4) is 0 Å². The van der Waals surface area contributed by atoms with Crippen molar-refractivity contribution >= 4 is 17.4 Å². The highest BCUT2D eigenvalue weighted by molar-refractivity contribution is 7.99. The summed E-state index contributed by atoms with van der Waals surface area (Å²) in [5, 5.41) is 20.2. The monoisotopic (exact) mass is 471 g/mol. The summed E-state index contributed by atoms with van der Waals surface area (Å²) in [6.45, 7) is 2.03. The van der Waals surface area contributed by atoms with Crippen LogP contribution in [0.2, 0.25) is 0 Å². The molecule has 0 spiro atoms. The molecule has 2 heterocycles. The normalized spacial score (nSPS) is 11.5. The van der Waals surface area contributed by atoms with Crippen LogP contribution in [0.25, 0.3) is 17.1 Å². The van der Waals surface area contributed by atoms with Crippen LogP contribution in [0.4, 0.5) is 18.9 Å². The molecule has 2 aromatic heterocycles. The van der Waals surface area contributed by atoms with E-state index in [4.69, 9.17) is 0 Å². The quantitative estimate of drug-likeness (QED) is 0.254. The number of aryl methyl sites for hydroxylation is 1. The summed E-state index contributed by atoms with van der Waals surface area (Å²) in [5.74, 6) is 0.471. The van der Waals surface area contributed by atoms with Gasteiger partial charge >= 0.3 is 6.18 Å². The first-order valence-corrected chi connectivity index (χ1v) is 10.6. The van der Waals surface area contributed by atoms with E-state index in [2.05, 4.69) is 15.2 Å². The molecule has 0 fully saturated rings. The number of rotatable bonds is 6. The number of aromatic nitrogens is 4. The minimum Gasteiger partial charge on any atom is -0.270 e. The van der Waals surface area contributed by atoms with Crippen molar-refractivity contribution in [3.05, 3.63) is 88.2 Å². The SMILES string of the molecule is CCc1ccc(-n2c(Sc3ccc(C(F)(F)F)cc3[N+](=O)[O-])nnc2-c2ccncc2)cc1. The van der Waals surface area contributed by atoms with Gasteiger partial charge < -0.3 is 0 Å². The number of hydrogen-bond donors (Lipinski definition) is 0. The van der Waals surface area contributed by atoms with Gasteiger partial charge in [0.05, 0.1) is 15.4 Å². The third-order valence-corrected chi connectivity index (χ3v) is 5.87. The summed E-state index contributed by atoms with van der Waals surface area (Å²) in [6.07, 6.45) is -0.646. The lowest BCUT2D eigenvalue weighted by Crippen LogP contribution is -2.06. The van der Waals surface area contributed by atoms with Crippen LogP contribution >= 0.6 is 11.8 Å². The number of nitrogens with zero attached hydrogens (tertiary/aromatic N) is 5. The number of hydrogen-bond acceptors (Lipinski definition) is 6. The lowest BCUT2D eigenvalue weighted by Gasteiger charge is -2.12. The number of benzene rings is 2. The second-order valence-electron chi connectivity index (χ2n) is 6.94. The molecular weight excluding hydrogens is 455 g/mol. The molecule has 0 aliphatic carbocycles. The fourth-order valence-corrected chi connectivity index (χ4v) is 4.09. The van der Waals surface area contributed by atoms with Crippen LogP contribution in [0.5, 0.6) is 0 Å². The Labute approximate surface area is 190 Å². The fourth-order valence-electron chi connectivity index (χ4n) is 3.16. The van der Waals surface area contributed by atoms with Gasteiger partial charge in [-0.1, -0.05) is 19.1 Å². The maximum atomic E-state index is 13.1. The predicted octanol–water partition coefficient (Wildman–Crippen LogP) is 5.97. The lowest BCUT2D eigenvalue weighted by molar-refractivity contribution is -0.388. The van der Waals surface area contributed by atoms with Gasteiger partial charge in [-0.15, -0.1) is 10.2 Å². The van der Waals surface area contributed by atoms with E-state index in [1.807, 2.05) is 31.2 Å². The third kappa shape index (κ3) is 4.72. The molecule has 4 aromatic rings. The zero-order valence-corrected chi connectivity index (χ0v) is 18.0. The smallest absolute Gasteiger partial charge is 0.270 e. The summed E-state index contributed by atoms with van der Waals surface area (Å²) in [5.41, 5.74) is 0.792. The zero-order valence-electron chi connectivity index (χ0n) is 17.2. The molecule has 0 amide bonds. The Morgan fingerprint density at radius 1 is 1.03 bits per heavy atom. The van der Waals surface area contributed by atoms with Gasteiger partial charge in [-0.25, -0.2) is 0 Å². The number of alkyl halides is 3. The molecule has 0 unspecified atom stereocenters.